The van der Waals surface area contributed by atoms with Crippen molar-refractivity contribution in [2.75, 3.05) is 5.32 Å². The molecule has 1 N–H and O–H groups in total. The van der Waals surface area contributed by atoms with E-state index >= 15 is 0 Å². The van der Waals surface area contributed by atoms with E-state index in [1.807, 2.05) is 41.8 Å². The summed E-state index contributed by atoms with van der Waals surface area (Å²) in [5.41, 5.74) is 0.929. The summed E-state index contributed by atoms with van der Waals surface area (Å²) >= 11 is 1.58. The van der Waals surface area contributed by atoms with E-state index in [2.05, 4.69) is 10.3 Å². The number of anilines is 1. The monoisotopic (exact) mass is 392 g/mol. The Labute approximate surface area is 163 Å². The standard InChI is InChI=1S/C20H16N4O3S/c1-23-17-13(19(26)24(2)20(23)27)9-10-15(21-17)18(25)22-14-7-4-3-6-12(14)16-8-5-11-28-16/h3-11H,1-2H3,(H,22,25). The van der Waals surface area contributed by atoms with Gasteiger partial charge in [-0.2, -0.15) is 0 Å². The molecule has 0 radical (unpaired) electrons. The van der Waals surface area contributed by atoms with Gasteiger partial charge in [0.25, 0.3) is 11.5 Å². The molecule has 0 unspecified atom stereocenters. The molecule has 7 nitrogen and oxygen atoms in total. The van der Waals surface area contributed by atoms with E-state index in [1.165, 1.54) is 30.8 Å². The summed E-state index contributed by atoms with van der Waals surface area (Å²) in [6.45, 7) is 0. The Morgan fingerprint density at radius 2 is 1.79 bits per heavy atom. The van der Waals surface area contributed by atoms with E-state index in [0.717, 1.165) is 15.0 Å². The maximum atomic E-state index is 12.8. The number of nitrogens with one attached hydrogen (secondary N) is 1. The van der Waals surface area contributed by atoms with Crippen molar-refractivity contribution in [1.29, 1.82) is 0 Å². The molecular formula is C20H16N4O3S. The summed E-state index contributed by atoms with van der Waals surface area (Å²) in [6.07, 6.45) is 0. The highest BCUT2D eigenvalue weighted by molar-refractivity contribution is 7.13. The van der Waals surface area contributed by atoms with Crippen LogP contribution < -0.4 is 16.6 Å². The lowest BCUT2D eigenvalue weighted by molar-refractivity contribution is 0.102. The zero-order valence-corrected chi connectivity index (χ0v) is 16.0. The van der Waals surface area contributed by atoms with E-state index in [4.69, 9.17) is 0 Å². The second kappa shape index (κ2) is 6.90. The third kappa shape index (κ3) is 2.93. The molecule has 0 bridgehead atoms. The van der Waals surface area contributed by atoms with Crippen molar-refractivity contribution in [3.05, 3.63) is 80.4 Å². The van der Waals surface area contributed by atoms with Crippen LogP contribution in [0.3, 0.4) is 0 Å². The molecule has 0 spiro atoms. The van der Waals surface area contributed by atoms with Crippen molar-refractivity contribution in [3.8, 4) is 10.4 Å². The number of carbonyl (C=O) groups excluding carboxylic acids is 1. The number of benzene rings is 1. The number of hydrogen-bond donors (Lipinski definition) is 1. The second-order valence-electron chi connectivity index (χ2n) is 6.25. The number of thiophene rings is 1. The van der Waals surface area contributed by atoms with Gasteiger partial charge in [0.2, 0.25) is 0 Å². The van der Waals surface area contributed by atoms with Gasteiger partial charge in [-0.3, -0.25) is 18.7 Å². The van der Waals surface area contributed by atoms with Gasteiger partial charge >= 0.3 is 5.69 Å². The molecule has 0 aliphatic rings. The van der Waals surface area contributed by atoms with Gasteiger partial charge in [-0.1, -0.05) is 24.3 Å². The minimum atomic E-state index is -0.495. The molecule has 1 aromatic carbocycles. The fourth-order valence-electron chi connectivity index (χ4n) is 3.01. The number of carbonyl (C=O) groups is 1. The highest BCUT2D eigenvalue weighted by Crippen LogP contribution is 2.31. The maximum absolute atomic E-state index is 12.8. The van der Waals surface area contributed by atoms with E-state index in [1.54, 1.807) is 11.3 Å². The fraction of sp³-hybridized carbons (Fsp3) is 0.100. The van der Waals surface area contributed by atoms with Crippen LogP contribution in [0.1, 0.15) is 10.5 Å². The van der Waals surface area contributed by atoms with E-state index < -0.39 is 17.2 Å². The molecule has 3 aromatic heterocycles. The molecule has 140 valence electrons. The summed E-state index contributed by atoms with van der Waals surface area (Å²) in [6, 6.07) is 14.4. The summed E-state index contributed by atoms with van der Waals surface area (Å²) in [7, 11) is 2.93. The Morgan fingerprint density at radius 1 is 1.00 bits per heavy atom. The number of pyridine rings is 1. The van der Waals surface area contributed by atoms with Crippen molar-refractivity contribution in [2.24, 2.45) is 14.1 Å². The lowest BCUT2D eigenvalue weighted by atomic mass is 10.1. The molecule has 3 heterocycles. The predicted molar refractivity (Wildman–Crippen MR) is 110 cm³/mol. The Hall–Kier alpha value is -3.52. The van der Waals surface area contributed by atoms with Crippen LogP contribution in [0, 0.1) is 0 Å². The molecule has 0 saturated carbocycles. The van der Waals surface area contributed by atoms with Gasteiger partial charge in [-0.25, -0.2) is 9.78 Å². The Bertz CT molecular complexity index is 1320. The number of para-hydroxylation sites is 1. The molecular weight excluding hydrogens is 376 g/mol. The molecule has 28 heavy (non-hydrogen) atoms. The first-order valence-corrected chi connectivity index (χ1v) is 9.36. The number of fused-ring (bicyclic) bond motifs is 1. The first kappa shape index (κ1) is 17.9. The van der Waals surface area contributed by atoms with Gasteiger partial charge in [0.1, 0.15) is 11.3 Å². The van der Waals surface area contributed by atoms with Crippen molar-refractivity contribution >= 4 is 34.0 Å². The second-order valence-corrected chi connectivity index (χ2v) is 7.20. The summed E-state index contributed by atoms with van der Waals surface area (Å²) in [4.78, 5) is 42.5. The van der Waals surface area contributed by atoms with Gasteiger partial charge in [-0.15, -0.1) is 11.3 Å². The lowest BCUT2D eigenvalue weighted by Crippen LogP contribution is -2.37. The van der Waals surface area contributed by atoms with Crippen LogP contribution in [-0.4, -0.2) is 20.0 Å². The SMILES string of the molecule is Cn1c(=O)c2ccc(C(=O)Nc3ccccc3-c3cccs3)nc2n(C)c1=O. The van der Waals surface area contributed by atoms with Crippen LogP contribution in [0.2, 0.25) is 0 Å². The zero-order valence-electron chi connectivity index (χ0n) is 15.2. The number of hydrogen-bond acceptors (Lipinski definition) is 5. The van der Waals surface area contributed by atoms with Crippen LogP contribution in [0.15, 0.2) is 63.5 Å². The minimum absolute atomic E-state index is 0.122. The minimum Gasteiger partial charge on any atom is -0.320 e. The van der Waals surface area contributed by atoms with Gasteiger partial charge in [0.15, 0.2) is 0 Å². The van der Waals surface area contributed by atoms with Gasteiger partial charge in [0, 0.05) is 30.2 Å². The average Bonchev–Trinajstić information content (AvgIpc) is 3.25. The number of rotatable bonds is 3. The van der Waals surface area contributed by atoms with Crippen LogP contribution >= 0.6 is 11.3 Å². The van der Waals surface area contributed by atoms with Crippen LogP contribution in [0.5, 0.6) is 0 Å². The normalized spacial score (nSPS) is 10.9. The van der Waals surface area contributed by atoms with Gasteiger partial charge in [0.05, 0.1) is 5.39 Å². The van der Waals surface area contributed by atoms with Gasteiger partial charge in [-0.05, 0) is 29.6 Å². The van der Waals surface area contributed by atoms with Crippen molar-refractivity contribution < 1.29 is 4.79 Å². The predicted octanol–water partition coefficient (Wildman–Crippen LogP) is 2.61. The zero-order chi connectivity index (χ0) is 19.8. The average molecular weight is 392 g/mol. The smallest absolute Gasteiger partial charge is 0.320 e. The molecule has 1 amide bonds. The van der Waals surface area contributed by atoms with E-state index in [9.17, 15) is 14.4 Å². The highest BCUT2D eigenvalue weighted by Gasteiger charge is 2.15. The third-order valence-electron chi connectivity index (χ3n) is 4.50. The Balaban J connectivity index is 1.75. The highest BCUT2D eigenvalue weighted by atomic mass is 32.1. The van der Waals surface area contributed by atoms with Crippen molar-refractivity contribution in [3.63, 3.8) is 0 Å². The lowest BCUT2D eigenvalue weighted by Gasteiger charge is -2.11. The van der Waals surface area contributed by atoms with Crippen LogP contribution in [-0.2, 0) is 14.1 Å². The largest absolute Gasteiger partial charge is 0.332 e. The number of nitrogens with zero attached hydrogens (tertiary/aromatic N) is 3. The Morgan fingerprint density at radius 3 is 2.54 bits per heavy atom. The molecule has 4 aromatic rings. The molecule has 0 fully saturated rings. The Kier molecular flexibility index (Phi) is 4.40. The van der Waals surface area contributed by atoms with Crippen molar-refractivity contribution in [1.82, 2.24) is 14.1 Å². The number of aryl methyl sites for hydroxylation is 1. The van der Waals surface area contributed by atoms with Crippen LogP contribution in [0.4, 0.5) is 5.69 Å². The molecule has 8 heteroatoms. The van der Waals surface area contributed by atoms with E-state index in [-0.39, 0.29) is 16.7 Å². The molecule has 0 saturated heterocycles. The molecule has 0 atom stereocenters. The van der Waals surface area contributed by atoms with Crippen LogP contribution in [0.25, 0.3) is 21.5 Å². The maximum Gasteiger partial charge on any atom is 0.332 e. The number of aromatic nitrogens is 3. The first-order valence-electron chi connectivity index (χ1n) is 8.48. The quantitative estimate of drug-likeness (QED) is 0.581. The number of amides is 1. The molecule has 0 aliphatic heterocycles. The topological polar surface area (TPSA) is 86.0 Å². The van der Waals surface area contributed by atoms with Gasteiger partial charge < -0.3 is 5.32 Å². The van der Waals surface area contributed by atoms with Crippen molar-refractivity contribution in [2.45, 2.75) is 0 Å². The first-order chi connectivity index (χ1) is 13.5. The third-order valence-corrected chi connectivity index (χ3v) is 5.40. The molecule has 0 aliphatic carbocycles. The molecule has 4 rings (SSSR count). The van der Waals surface area contributed by atoms with E-state index in [0.29, 0.717) is 5.69 Å². The summed E-state index contributed by atoms with van der Waals surface area (Å²) < 4.78 is 2.27. The summed E-state index contributed by atoms with van der Waals surface area (Å²) in [5, 5.41) is 5.12. The summed E-state index contributed by atoms with van der Waals surface area (Å²) in [5.74, 6) is -0.418. The fourth-order valence-corrected chi connectivity index (χ4v) is 3.77.